The number of hydrogen-bond donors (Lipinski definition) is 1. The van der Waals surface area contributed by atoms with E-state index in [2.05, 4.69) is 23.3 Å². The molecule has 1 N–H and O–H groups in total. The monoisotopic (exact) mass is 199 g/mol. The molecule has 2 saturated carbocycles. The van der Waals surface area contributed by atoms with E-state index in [0.29, 0.717) is 4.75 Å². The van der Waals surface area contributed by atoms with E-state index in [-0.39, 0.29) is 0 Å². The molecule has 0 aromatic heterocycles. The fraction of sp³-hybridized carbons (Fsp3) is 1.00. The Morgan fingerprint density at radius 2 is 1.92 bits per heavy atom. The zero-order valence-corrected chi connectivity index (χ0v) is 9.46. The summed E-state index contributed by atoms with van der Waals surface area (Å²) in [6.07, 6.45) is 12.4. The van der Waals surface area contributed by atoms with Crippen LogP contribution in [0.25, 0.3) is 0 Å². The third kappa shape index (κ3) is 2.21. The maximum Gasteiger partial charge on any atom is 0.0281 e. The van der Waals surface area contributed by atoms with Crippen molar-refractivity contribution in [2.24, 2.45) is 0 Å². The van der Waals surface area contributed by atoms with Gasteiger partial charge < -0.3 is 5.32 Å². The van der Waals surface area contributed by atoms with Gasteiger partial charge in [0, 0.05) is 17.3 Å². The number of rotatable bonds is 4. The van der Waals surface area contributed by atoms with Gasteiger partial charge in [0.05, 0.1) is 0 Å². The van der Waals surface area contributed by atoms with Gasteiger partial charge in [0.25, 0.3) is 0 Å². The molecule has 0 aromatic carbocycles. The summed E-state index contributed by atoms with van der Waals surface area (Å²) in [6, 6.07) is 0.865. The van der Waals surface area contributed by atoms with Crippen LogP contribution in [0.1, 0.15) is 44.9 Å². The van der Waals surface area contributed by atoms with Crippen molar-refractivity contribution >= 4 is 11.8 Å². The van der Waals surface area contributed by atoms with E-state index >= 15 is 0 Å². The molecule has 2 heteroatoms. The molecule has 0 saturated heterocycles. The Bertz CT molecular complexity index is 159. The molecule has 0 heterocycles. The summed E-state index contributed by atoms with van der Waals surface area (Å²) in [4.78, 5) is 0. The van der Waals surface area contributed by atoms with E-state index in [1.54, 1.807) is 0 Å². The van der Waals surface area contributed by atoms with Gasteiger partial charge in [-0.2, -0.15) is 11.8 Å². The molecule has 2 aliphatic carbocycles. The summed E-state index contributed by atoms with van der Waals surface area (Å²) < 4.78 is 0.607. The smallest absolute Gasteiger partial charge is 0.0281 e. The minimum absolute atomic E-state index is 0.607. The van der Waals surface area contributed by atoms with Crippen molar-refractivity contribution in [3.8, 4) is 0 Å². The second-order valence-electron chi connectivity index (χ2n) is 4.60. The molecule has 76 valence electrons. The van der Waals surface area contributed by atoms with Crippen LogP contribution in [0.4, 0.5) is 0 Å². The second-order valence-corrected chi connectivity index (χ2v) is 5.88. The van der Waals surface area contributed by atoms with Gasteiger partial charge >= 0.3 is 0 Å². The predicted octanol–water partition coefficient (Wildman–Crippen LogP) is 2.80. The molecule has 1 nitrogen and oxygen atoms in total. The molecular weight excluding hydrogens is 178 g/mol. The molecular formula is C11H21NS. The summed E-state index contributed by atoms with van der Waals surface area (Å²) >= 11 is 2.09. The molecule has 0 unspecified atom stereocenters. The van der Waals surface area contributed by atoms with Crippen LogP contribution in [0, 0.1) is 0 Å². The summed E-state index contributed by atoms with van der Waals surface area (Å²) in [5.41, 5.74) is 0. The first-order valence-electron chi connectivity index (χ1n) is 5.63. The van der Waals surface area contributed by atoms with Crippen LogP contribution in [0.15, 0.2) is 0 Å². The van der Waals surface area contributed by atoms with E-state index in [0.717, 1.165) is 6.04 Å². The zero-order valence-electron chi connectivity index (χ0n) is 8.64. The lowest BCUT2D eigenvalue weighted by Gasteiger charge is -2.33. The second kappa shape index (κ2) is 4.22. The highest BCUT2D eigenvalue weighted by Crippen LogP contribution is 2.39. The molecule has 0 atom stereocenters. The van der Waals surface area contributed by atoms with Crippen molar-refractivity contribution in [1.82, 2.24) is 5.32 Å². The van der Waals surface area contributed by atoms with Crippen LogP contribution in [0.3, 0.4) is 0 Å². The Hall–Kier alpha value is 0.310. The maximum absolute atomic E-state index is 3.73. The van der Waals surface area contributed by atoms with Crippen LogP contribution in [0.5, 0.6) is 0 Å². The molecule has 0 amide bonds. The first kappa shape index (κ1) is 9.85. The summed E-state index contributed by atoms with van der Waals surface area (Å²) in [5, 5.41) is 3.73. The van der Waals surface area contributed by atoms with Gasteiger partial charge in [0.15, 0.2) is 0 Å². The third-order valence-electron chi connectivity index (χ3n) is 3.77. The van der Waals surface area contributed by atoms with Crippen molar-refractivity contribution in [2.75, 3.05) is 12.8 Å². The quantitative estimate of drug-likeness (QED) is 0.747. The zero-order chi connectivity index (χ0) is 9.15. The SMILES string of the molecule is CSC1(CNC2CCC2)CCCC1. The molecule has 0 aromatic rings. The first-order valence-corrected chi connectivity index (χ1v) is 6.86. The molecule has 0 spiro atoms. The van der Waals surface area contributed by atoms with Gasteiger partial charge in [0.2, 0.25) is 0 Å². The molecule has 0 radical (unpaired) electrons. The lowest BCUT2D eigenvalue weighted by Crippen LogP contribution is -2.43. The van der Waals surface area contributed by atoms with E-state index in [1.807, 2.05) is 0 Å². The molecule has 0 aliphatic heterocycles. The van der Waals surface area contributed by atoms with Crippen molar-refractivity contribution < 1.29 is 0 Å². The van der Waals surface area contributed by atoms with Crippen molar-refractivity contribution in [2.45, 2.75) is 55.7 Å². The van der Waals surface area contributed by atoms with Gasteiger partial charge in [-0.05, 0) is 31.9 Å². The van der Waals surface area contributed by atoms with E-state index in [9.17, 15) is 0 Å². The van der Waals surface area contributed by atoms with Gasteiger partial charge in [-0.15, -0.1) is 0 Å². The van der Waals surface area contributed by atoms with Crippen LogP contribution in [0.2, 0.25) is 0 Å². The minimum atomic E-state index is 0.607. The molecule has 13 heavy (non-hydrogen) atoms. The standard InChI is InChI=1S/C11H21NS/c1-13-11(7-2-3-8-11)9-12-10-5-4-6-10/h10,12H,2-9H2,1H3. The fourth-order valence-corrected chi connectivity index (χ4v) is 3.34. The van der Waals surface area contributed by atoms with Crippen molar-refractivity contribution in [1.29, 1.82) is 0 Å². The lowest BCUT2D eigenvalue weighted by atomic mass is 9.92. The topological polar surface area (TPSA) is 12.0 Å². The lowest BCUT2D eigenvalue weighted by molar-refractivity contribution is 0.325. The average molecular weight is 199 g/mol. The summed E-state index contributed by atoms with van der Waals surface area (Å²) in [5.74, 6) is 0. The number of thioether (sulfide) groups is 1. The Morgan fingerprint density at radius 3 is 2.38 bits per heavy atom. The molecule has 2 fully saturated rings. The van der Waals surface area contributed by atoms with Gasteiger partial charge in [-0.25, -0.2) is 0 Å². The maximum atomic E-state index is 3.73. The highest BCUT2D eigenvalue weighted by atomic mass is 32.2. The largest absolute Gasteiger partial charge is 0.313 e. The Labute approximate surface area is 86.0 Å². The number of hydrogen-bond acceptors (Lipinski definition) is 2. The Balaban J connectivity index is 1.75. The Kier molecular flexibility index (Phi) is 3.20. The molecule has 0 bridgehead atoms. The summed E-state index contributed by atoms with van der Waals surface area (Å²) in [7, 11) is 0. The first-order chi connectivity index (χ1) is 6.35. The van der Waals surface area contributed by atoms with E-state index < -0.39 is 0 Å². The van der Waals surface area contributed by atoms with E-state index in [1.165, 1.54) is 51.5 Å². The molecule has 2 rings (SSSR count). The normalized spacial score (nSPS) is 27.5. The van der Waals surface area contributed by atoms with E-state index in [4.69, 9.17) is 0 Å². The van der Waals surface area contributed by atoms with Gasteiger partial charge in [0.1, 0.15) is 0 Å². The highest BCUT2D eigenvalue weighted by Gasteiger charge is 2.33. The predicted molar refractivity (Wildman–Crippen MR) is 60.4 cm³/mol. The average Bonchev–Trinajstić information content (AvgIpc) is 2.51. The van der Waals surface area contributed by atoms with Crippen LogP contribution >= 0.6 is 11.8 Å². The highest BCUT2D eigenvalue weighted by molar-refractivity contribution is 8.00. The summed E-state index contributed by atoms with van der Waals surface area (Å²) in [6.45, 7) is 1.26. The van der Waals surface area contributed by atoms with Crippen molar-refractivity contribution in [3.63, 3.8) is 0 Å². The van der Waals surface area contributed by atoms with Gasteiger partial charge in [-0.3, -0.25) is 0 Å². The minimum Gasteiger partial charge on any atom is -0.313 e. The molecule has 2 aliphatic rings. The Morgan fingerprint density at radius 1 is 1.23 bits per heavy atom. The van der Waals surface area contributed by atoms with Crippen LogP contribution in [-0.4, -0.2) is 23.6 Å². The van der Waals surface area contributed by atoms with Crippen LogP contribution < -0.4 is 5.32 Å². The van der Waals surface area contributed by atoms with Gasteiger partial charge in [-0.1, -0.05) is 19.3 Å². The number of nitrogens with one attached hydrogen (secondary N) is 1. The van der Waals surface area contributed by atoms with Crippen molar-refractivity contribution in [3.05, 3.63) is 0 Å². The third-order valence-corrected chi connectivity index (χ3v) is 5.18. The fourth-order valence-electron chi connectivity index (χ4n) is 2.42. The van der Waals surface area contributed by atoms with Crippen LogP contribution in [-0.2, 0) is 0 Å².